The van der Waals surface area contributed by atoms with E-state index in [9.17, 15) is 0 Å². The molecule has 0 saturated carbocycles. The Labute approximate surface area is 151 Å². The second kappa shape index (κ2) is 8.76. The van der Waals surface area contributed by atoms with Crippen LogP contribution >= 0.6 is 0 Å². The van der Waals surface area contributed by atoms with Gasteiger partial charge in [-0.25, -0.2) is 0 Å². The molecular formula is C22H24O2Si. The van der Waals surface area contributed by atoms with E-state index in [0.29, 0.717) is 5.92 Å². The number of benzene rings is 3. The zero-order chi connectivity index (χ0) is 17.5. The average molecular weight is 349 g/mol. The van der Waals surface area contributed by atoms with Gasteiger partial charge in [-0.2, -0.15) is 0 Å². The van der Waals surface area contributed by atoms with Crippen molar-refractivity contribution in [2.24, 2.45) is 0 Å². The molecule has 0 aliphatic carbocycles. The van der Waals surface area contributed by atoms with E-state index < -0.39 is 9.28 Å². The van der Waals surface area contributed by atoms with Gasteiger partial charge in [0, 0.05) is 20.1 Å². The Kier molecular flexibility index (Phi) is 6.18. The number of rotatable bonds is 7. The number of hydrogen-bond acceptors (Lipinski definition) is 2. The second-order valence-electron chi connectivity index (χ2n) is 6.08. The summed E-state index contributed by atoms with van der Waals surface area (Å²) in [4.78, 5) is 0. The molecule has 0 radical (unpaired) electrons. The van der Waals surface area contributed by atoms with E-state index in [2.05, 4.69) is 84.9 Å². The first-order valence-electron chi connectivity index (χ1n) is 8.56. The summed E-state index contributed by atoms with van der Waals surface area (Å²) in [5, 5.41) is 1.23. The summed E-state index contributed by atoms with van der Waals surface area (Å²) in [6.07, 6.45) is 0.931. The summed E-state index contributed by atoms with van der Waals surface area (Å²) in [6, 6.07) is 29.9. The molecule has 0 aromatic heterocycles. The molecule has 0 N–H and O–H groups in total. The van der Waals surface area contributed by atoms with Gasteiger partial charge in [0.25, 0.3) is 0 Å². The van der Waals surface area contributed by atoms with Gasteiger partial charge in [-0.05, 0) is 28.3 Å². The third-order valence-electron chi connectivity index (χ3n) is 4.57. The van der Waals surface area contributed by atoms with Crippen molar-refractivity contribution in [1.29, 1.82) is 0 Å². The highest BCUT2D eigenvalue weighted by Crippen LogP contribution is 2.28. The van der Waals surface area contributed by atoms with E-state index in [1.54, 1.807) is 14.2 Å². The smallest absolute Gasteiger partial charge is 0.355 e. The molecule has 3 heteroatoms. The van der Waals surface area contributed by atoms with E-state index in [4.69, 9.17) is 8.85 Å². The largest absolute Gasteiger partial charge is 0.397 e. The van der Waals surface area contributed by atoms with Crippen molar-refractivity contribution < 1.29 is 8.85 Å². The normalized spacial score (nSPS) is 11.2. The maximum Gasteiger partial charge on any atom is 0.355 e. The quantitative estimate of drug-likeness (QED) is 0.605. The molecule has 0 atom stereocenters. The molecule has 0 fully saturated rings. The lowest BCUT2D eigenvalue weighted by molar-refractivity contribution is 0.291. The Morgan fingerprint density at radius 1 is 0.680 bits per heavy atom. The van der Waals surface area contributed by atoms with Crippen LogP contribution in [0.4, 0.5) is 0 Å². The Hall–Kier alpha value is -2.20. The summed E-state index contributed by atoms with van der Waals surface area (Å²) in [7, 11) is 1.64. The van der Waals surface area contributed by atoms with Gasteiger partial charge in [0.1, 0.15) is 0 Å². The first-order valence-corrected chi connectivity index (χ1v) is 10.1. The zero-order valence-electron chi connectivity index (χ0n) is 14.8. The first-order chi connectivity index (χ1) is 12.3. The van der Waals surface area contributed by atoms with Crippen LogP contribution in [0, 0.1) is 0 Å². The fourth-order valence-corrected chi connectivity index (χ4v) is 4.80. The monoisotopic (exact) mass is 348 g/mol. The second-order valence-corrected chi connectivity index (χ2v) is 8.31. The van der Waals surface area contributed by atoms with E-state index >= 15 is 0 Å². The lowest BCUT2D eigenvalue weighted by atomic mass is 9.86. The molecule has 0 heterocycles. The molecule has 0 amide bonds. The van der Waals surface area contributed by atoms with Crippen LogP contribution in [0.15, 0.2) is 84.9 Å². The Morgan fingerprint density at radius 3 is 1.68 bits per heavy atom. The molecule has 3 rings (SSSR count). The Balaban J connectivity index is 2.00. The SMILES string of the molecule is CO[SiH](OC)c1ccccc1CC(c1ccccc1)c1ccccc1. The van der Waals surface area contributed by atoms with Crippen LogP contribution in [0.3, 0.4) is 0 Å². The highest BCUT2D eigenvalue weighted by molar-refractivity contribution is 6.61. The fraction of sp³-hybridized carbons (Fsp3) is 0.182. The van der Waals surface area contributed by atoms with Crippen molar-refractivity contribution in [3.8, 4) is 0 Å². The van der Waals surface area contributed by atoms with Crippen molar-refractivity contribution in [2.45, 2.75) is 12.3 Å². The van der Waals surface area contributed by atoms with E-state index in [1.807, 2.05) is 0 Å². The fourth-order valence-electron chi connectivity index (χ4n) is 3.32. The molecule has 3 aromatic carbocycles. The predicted octanol–water partition coefficient (Wildman–Crippen LogP) is 3.78. The molecule has 0 saturated heterocycles. The Morgan fingerprint density at radius 2 is 1.16 bits per heavy atom. The first kappa shape index (κ1) is 17.6. The molecule has 128 valence electrons. The maximum absolute atomic E-state index is 5.64. The van der Waals surface area contributed by atoms with Crippen molar-refractivity contribution in [3.05, 3.63) is 102 Å². The summed E-state index contributed by atoms with van der Waals surface area (Å²) in [5.41, 5.74) is 3.97. The standard InChI is InChI=1S/C22H24O2Si/c1-23-25(24-2)22-16-10-9-15-20(22)17-21(18-11-5-3-6-12-18)19-13-7-4-8-14-19/h3-16,21,25H,17H2,1-2H3. The van der Waals surface area contributed by atoms with Crippen molar-refractivity contribution in [3.63, 3.8) is 0 Å². The lowest BCUT2D eigenvalue weighted by Crippen LogP contribution is -2.37. The summed E-state index contributed by atoms with van der Waals surface area (Å²) < 4.78 is 11.3. The lowest BCUT2D eigenvalue weighted by Gasteiger charge is -2.22. The van der Waals surface area contributed by atoms with Gasteiger partial charge in [0.05, 0.1) is 0 Å². The van der Waals surface area contributed by atoms with Crippen molar-refractivity contribution >= 4 is 14.5 Å². The number of hydrogen-bond donors (Lipinski definition) is 0. The highest BCUT2D eigenvalue weighted by Gasteiger charge is 2.21. The molecule has 3 aromatic rings. The highest BCUT2D eigenvalue weighted by atomic mass is 28.3. The maximum atomic E-state index is 5.64. The average Bonchev–Trinajstić information content (AvgIpc) is 2.69. The van der Waals surface area contributed by atoms with E-state index in [0.717, 1.165) is 6.42 Å². The van der Waals surface area contributed by atoms with Crippen LogP contribution < -0.4 is 5.19 Å². The molecule has 0 bridgehead atoms. The molecule has 0 unspecified atom stereocenters. The van der Waals surface area contributed by atoms with Crippen LogP contribution in [-0.2, 0) is 15.3 Å². The molecule has 2 nitrogen and oxygen atoms in total. The predicted molar refractivity (Wildman–Crippen MR) is 106 cm³/mol. The van der Waals surface area contributed by atoms with Crippen LogP contribution in [0.5, 0.6) is 0 Å². The van der Waals surface area contributed by atoms with Crippen molar-refractivity contribution in [2.75, 3.05) is 14.2 Å². The third-order valence-corrected chi connectivity index (χ3v) is 6.49. The zero-order valence-corrected chi connectivity index (χ0v) is 15.9. The van der Waals surface area contributed by atoms with Crippen LogP contribution in [-0.4, -0.2) is 23.5 Å². The molecule has 0 aliphatic heterocycles. The topological polar surface area (TPSA) is 18.5 Å². The van der Waals surface area contributed by atoms with Crippen LogP contribution in [0.2, 0.25) is 0 Å². The van der Waals surface area contributed by atoms with Gasteiger partial charge in [-0.3, -0.25) is 0 Å². The molecule has 25 heavy (non-hydrogen) atoms. The minimum Gasteiger partial charge on any atom is -0.397 e. The van der Waals surface area contributed by atoms with Crippen LogP contribution in [0.1, 0.15) is 22.6 Å². The third kappa shape index (κ3) is 4.26. The summed E-state index contributed by atoms with van der Waals surface area (Å²) in [5.74, 6) is 0.312. The summed E-state index contributed by atoms with van der Waals surface area (Å²) in [6.45, 7) is 0. The van der Waals surface area contributed by atoms with E-state index in [-0.39, 0.29) is 0 Å². The van der Waals surface area contributed by atoms with E-state index in [1.165, 1.54) is 21.9 Å². The Bertz CT molecular complexity index is 731. The molecular weight excluding hydrogens is 324 g/mol. The minimum atomic E-state index is -1.84. The van der Waals surface area contributed by atoms with Crippen molar-refractivity contribution in [1.82, 2.24) is 0 Å². The van der Waals surface area contributed by atoms with Gasteiger partial charge >= 0.3 is 9.28 Å². The van der Waals surface area contributed by atoms with Gasteiger partial charge in [-0.1, -0.05) is 84.9 Å². The molecule has 0 aliphatic rings. The summed E-state index contributed by atoms with van der Waals surface area (Å²) >= 11 is 0. The van der Waals surface area contributed by atoms with Gasteiger partial charge in [0.2, 0.25) is 0 Å². The van der Waals surface area contributed by atoms with Gasteiger partial charge in [0.15, 0.2) is 0 Å². The van der Waals surface area contributed by atoms with Gasteiger partial charge in [-0.15, -0.1) is 0 Å². The minimum absolute atomic E-state index is 0.312. The van der Waals surface area contributed by atoms with Gasteiger partial charge < -0.3 is 8.85 Å². The molecule has 0 spiro atoms. The van der Waals surface area contributed by atoms with Crippen LogP contribution in [0.25, 0.3) is 0 Å².